The number of hydrogen-bond acceptors (Lipinski definition) is 4. The molecule has 2 aliphatic rings. The fourth-order valence-corrected chi connectivity index (χ4v) is 1.96. The van der Waals surface area contributed by atoms with Gasteiger partial charge in [-0.15, -0.1) is 0 Å². The van der Waals surface area contributed by atoms with Gasteiger partial charge in [-0.2, -0.15) is 5.48 Å². The molecule has 0 aromatic carbocycles. The topological polar surface area (TPSA) is 50.8 Å². The average molecular weight is 256 g/mol. The summed E-state index contributed by atoms with van der Waals surface area (Å²) in [5.41, 5.74) is 2.65. The Hall–Kier alpha value is -0.810. The number of rotatable bonds is 4. The molecule has 104 valence electrons. The maximum Gasteiger partial charge on any atom is 0.410 e. The molecule has 1 aliphatic heterocycles. The van der Waals surface area contributed by atoms with Crippen molar-refractivity contribution >= 4 is 6.09 Å². The lowest BCUT2D eigenvalue weighted by Gasteiger charge is -2.39. The molecule has 0 aromatic rings. The van der Waals surface area contributed by atoms with Crippen LogP contribution in [0.15, 0.2) is 0 Å². The lowest BCUT2D eigenvalue weighted by molar-refractivity contribution is -0.0592. The van der Waals surface area contributed by atoms with Gasteiger partial charge in [-0.1, -0.05) is 6.42 Å². The van der Waals surface area contributed by atoms with Gasteiger partial charge in [-0.05, 0) is 33.6 Å². The smallest absolute Gasteiger partial charge is 0.410 e. The van der Waals surface area contributed by atoms with E-state index in [1.165, 1.54) is 19.3 Å². The van der Waals surface area contributed by atoms with E-state index in [1.807, 2.05) is 20.8 Å². The van der Waals surface area contributed by atoms with Crippen LogP contribution in [-0.4, -0.2) is 42.3 Å². The van der Waals surface area contributed by atoms with Crippen LogP contribution in [0, 0.1) is 5.92 Å². The summed E-state index contributed by atoms with van der Waals surface area (Å²) in [4.78, 5) is 18.8. The van der Waals surface area contributed by atoms with Crippen molar-refractivity contribution < 1.29 is 14.4 Å². The number of hydroxylamine groups is 1. The van der Waals surface area contributed by atoms with E-state index in [9.17, 15) is 4.79 Å². The molecule has 5 nitrogen and oxygen atoms in total. The van der Waals surface area contributed by atoms with E-state index in [1.54, 1.807) is 4.90 Å². The van der Waals surface area contributed by atoms with Gasteiger partial charge in [0.05, 0.1) is 6.61 Å². The Morgan fingerprint density at radius 1 is 1.33 bits per heavy atom. The molecule has 1 heterocycles. The first kappa shape index (κ1) is 13.6. The number of hydrogen-bond donors (Lipinski definition) is 1. The number of likely N-dealkylation sites (tertiary alicyclic amines) is 1. The van der Waals surface area contributed by atoms with Crippen molar-refractivity contribution in [2.75, 3.05) is 19.7 Å². The molecule has 0 radical (unpaired) electrons. The van der Waals surface area contributed by atoms with Gasteiger partial charge in [0.25, 0.3) is 0 Å². The molecule has 0 aromatic heterocycles. The van der Waals surface area contributed by atoms with Crippen LogP contribution in [0.5, 0.6) is 0 Å². The highest BCUT2D eigenvalue weighted by molar-refractivity contribution is 5.69. The SMILES string of the molecule is CC(C)(C)OC(=O)N1CC(CONC2CCC2)C1. The predicted molar refractivity (Wildman–Crippen MR) is 68.0 cm³/mol. The molecule has 1 aliphatic carbocycles. The second-order valence-electron chi connectivity index (χ2n) is 6.31. The van der Waals surface area contributed by atoms with Gasteiger partial charge in [0.15, 0.2) is 0 Å². The van der Waals surface area contributed by atoms with Crippen LogP contribution in [0.25, 0.3) is 0 Å². The molecule has 2 rings (SSSR count). The minimum atomic E-state index is -0.412. The normalized spacial score (nSPS) is 21.4. The molecule has 0 unspecified atom stereocenters. The van der Waals surface area contributed by atoms with Gasteiger partial charge in [0.2, 0.25) is 0 Å². The van der Waals surface area contributed by atoms with E-state index in [0.29, 0.717) is 18.6 Å². The molecule has 0 spiro atoms. The Kier molecular flexibility index (Phi) is 4.12. The Bertz CT molecular complexity index is 291. The van der Waals surface area contributed by atoms with Gasteiger partial charge in [0.1, 0.15) is 5.60 Å². The summed E-state index contributed by atoms with van der Waals surface area (Å²) in [5.74, 6) is 0.435. The zero-order valence-electron chi connectivity index (χ0n) is 11.6. The van der Waals surface area contributed by atoms with Crippen LogP contribution >= 0.6 is 0 Å². The van der Waals surface area contributed by atoms with Crippen molar-refractivity contribution in [3.05, 3.63) is 0 Å². The van der Waals surface area contributed by atoms with Crippen molar-refractivity contribution in [2.45, 2.75) is 51.7 Å². The van der Waals surface area contributed by atoms with Crippen LogP contribution in [0.1, 0.15) is 40.0 Å². The zero-order chi connectivity index (χ0) is 13.2. The molecule has 1 N–H and O–H groups in total. The van der Waals surface area contributed by atoms with Crippen molar-refractivity contribution in [2.24, 2.45) is 5.92 Å². The first-order valence-electron chi connectivity index (χ1n) is 6.79. The summed E-state index contributed by atoms with van der Waals surface area (Å²) < 4.78 is 5.29. The number of nitrogens with one attached hydrogen (secondary N) is 1. The third-order valence-corrected chi connectivity index (χ3v) is 3.28. The highest BCUT2D eigenvalue weighted by atomic mass is 16.6. The number of carbonyl (C=O) groups is 1. The molecule has 0 atom stereocenters. The number of nitrogens with zero attached hydrogens (tertiary/aromatic N) is 1. The predicted octanol–water partition coefficient (Wildman–Crippen LogP) is 1.93. The summed E-state index contributed by atoms with van der Waals surface area (Å²) >= 11 is 0. The zero-order valence-corrected chi connectivity index (χ0v) is 11.6. The lowest BCUT2D eigenvalue weighted by atomic mass is 9.94. The number of amides is 1. The summed E-state index contributed by atoms with van der Waals surface area (Å²) in [6, 6.07) is 0.548. The highest BCUT2D eigenvalue weighted by Gasteiger charge is 2.34. The quantitative estimate of drug-likeness (QED) is 0.781. The monoisotopic (exact) mass is 256 g/mol. The minimum Gasteiger partial charge on any atom is -0.444 e. The van der Waals surface area contributed by atoms with Crippen LogP contribution in [0.4, 0.5) is 4.79 Å². The highest BCUT2D eigenvalue weighted by Crippen LogP contribution is 2.21. The van der Waals surface area contributed by atoms with E-state index < -0.39 is 5.60 Å². The number of ether oxygens (including phenoxy) is 1. The molecular weight excluding hydrogens is 232 g/mol. The first-order chi connectivity index (χ1) is 8.44. The fourth-order valence-electron chi connectivity index (χ4n) is 1.96. The summed E-state index contributed by atoms with van der Waals surface area (Å²) in [6.45, 7) is 7.80. The standard InChI is InChI=1S/C13H24N2O3/c1-13(2,3)18-12(16)15-7-10(8-15)9-17-14-11-5-4-6-11/h10-11,14H,4-9H2,1-3H3. The fraction of sp³-hybridized carbons (Fsp3) is 0.923. The van der Waals surface area contributed by atoms with E-state index in [0.717, 1.165) is 13.1 Å². The molecule has 18 heavy (non-hydrogen) atoms. The Morgan fingerprint density at radius 2 is 2.00 bits per heavy atom. The van der Waals surface area contributed by atoms with E-state index in [4.69, 9.17) is 9.57 Å². The van der Waals surface area contributed by atoms with Gasteiger partial charge in [0, 0.05) is 25.0 Å². The third-order valence-electron chi connectivity index (χ3n) is 3.28. The van der Waals surface area contributed by atoms with Gasteiger partial charge in [-0.25, -0.2) is 4.79 Å². The van der Waals surface area contributed by atoms with Gasteiger partial charge in [-0.3, -0.25) is 0 Å². The van der Waals surface area contributed by atoms with Crippen LogP contribution in [0.2, 0.25) is 0 Å². The Balaban J connectivity index is 1.54. The van der Waals surface area contributed by atoms with E-state index >= 15 is 0 Å². The van der Waals surface area contributed by atoms with Crippen molar-refractivity contribution in [3.63, 3.8) is 0 Å². The van der Waals surface area contributed by atoms with E-state index in [2.05, 4.69) is 5.48 Å². The third kappa shape index (κ3) is 3.85. The van der Waals surface area contributed by atoms with Gasteiger partial charge >= 0.3 is 6.09 Å². The molecule has 2 fully saturated rings. The van der Waals surface area contributed by atoms with Crippen molar-refractivity contribution in [3.8, 4) is 0 Å². The second kappa shape index (κ2) is 5.45. The van der Waals surface area contributed by atoms with Crippen LogP contribution < -0.4 is 5.48 Å². The largest absolute Gasteiger partial charge is 0.444 e. The Morgan fingerprint density at radius 3 is 2.50 bits per heavy atom. The minimum absolute atomic E-state index is 0.217. The van der Waals surface area contributed by atoms with Crippen LogP contribution in [-0.2, 0) is 9.57 Å². The van der Waals surface area contributed by atoms with Gasteiger partial charge < -0.3 is 14.5 Å². The lowest BCUT2D eigenvalue weighted by Crippen LogP contribution is -2.53. The second-order valence-corrected chi connectivity index (χ2v) is 6.31. The van der Waals surface area contributed by atoms with Crippen molar-refractivity contribution in [1.82, 2.24) is 10.4 Å². The van der Waals surface area contributed by atoms with Crippen LogP contribution in [0.3, 0.4) is 0 Å². The van der Waals surface area contributed by atoms with Crippen molar-refractivity contribution in [1.29, 1.82) is 0 Å². The van der Waals surface area contributed by atoms with E-state index in [-0.39, 0.29) is 6.09 Å². The molecule has 1 saturated heterocycles. The maximum atomic E-state index is 11.7. The summed E-state index contributed by atoms with van der Waals surface area (Å²) in [7, 11) is 0. The Labute approximate surface area is 109 Å². The maximum absolute atomic E-state index is 11.7. The summed E-state index contributed by atoms with van der Waals surface area (Å²) in [5, 5.41) is 0. The summed E-state index contributed by atoms with van der Waals surface area (Å²) in [6.07, 6.45) is 3.52. The molecule has 1 amide bonds. The molecular formula is C13H24N2O3. The molecule has 5 heteroatoms. The first-order valence-corrected chi connectivity index (χ1v) is 6.79. The molecule has 1 saturated carbocycles. The average Bonchev–Trinajstić information content (AvgIpc) is 2.08. The number of carbonyl (C=O) groups excluding carboxylic acids is 1. The molecule has 0 bridgehead atoms.